The Morgan fingerprint density at radius 1 is 1.12 bits per heavy atom. The van der Waals surface area contributed by atoms with Gasteiger partial charge in [-0.2, -0.15) is 0 Å². The van der Waals surface area contributed by atoms with Crippen LogP contribution in [0, 0.1) is 0 Å². The monoisotopic (exact) mass is 331 g/mol. The molecule has 0 radical (unpaired) electrons. The first-order chi connectivity index (χ1) is 7.54. The van der Waals surface area contributed by atoms with Gasteiger partial charge in [0.25, 0.3) is 0 Å². The Kier molecular flexibility index (Phi) is 5.76. The molecule has 0 unspecified atom stereocenters. The third kappa shape index (κ3) is 4.83. The van der Waals surface area contributed by atoms with Gasteiger partial charge in [0.1, 0.15) is 0 Å². The zero-order valence-electron chi connectivity index (χ0n) is 10.5. The summed E-state index contributed by atoms with van der Waals surface area (Å²) < 4.78 is 1.23. The minimum absolute atomic E-state index is 0.257. The van der Waals surface area contributed by atoms with Crippen molar-refractivity contribution < 1.29 is 0 Å². The fourth-order valence-electron chi connectivity index (χ4n) is 1.55. The second-order valence-corrected chi connectivity index (χ2v) is 6.24. The summed E-state index contributed by atoms with van der Waals surface area (Å²) in [6, 6.07) is 8.96. The van der Waals surface area contributed by atoms with E-state index in [0.29, 0.717) is 0 Å². The molecule has 0 aliphatic heterocycles. The SMILES string of the molecule is CC(C)(C)c1ccc(CNCCCI)cc1. The molecule has 0 aliphatic rings. The molecule has 0 heterocycles. The summed E-state index contributed by atoms with van der Waals surface area (Å²) in [5, 5.41) is 3.46. The Balaban J connectivity index is 2.46. The van der Waals surface area contributed by atoms with Gasteiger partial charge < -0.3 is 5.32 Å². The average molecular weight is 331 g/mol. The van der Waals surface area contributed by atoms with Crippen LogP contribution in [0.5, 0.6) is 0 Å². The zero-order valence-corrected chi connectivity index (χ0v) is 12.7. The first kappa shape index (κ1) is 14.0. The summed E-state index contributed by atoms with van der Waals surface area (Å²) in [5.74, 6) is 0. The maximum atomic E-state index is 3.46. The van der Waals surface area contributed by atoms with Crippen LogP contribution >= 0.6 is 22.6 Å². The van der Waals surface area contributed by atoms with Gasteiger partial charge in [0.05, 0.1) is 0 Å². The first-order valence-corrected chi connectivity index (χ1v) is 7.42. The third-order valence-corrected chi connectivity index (χ3v) is 3.40. The van der Waals surface area contributed by atoms with E-state index in [2.05, 4.69) is 72.9 Å². The van der Waals surface area contributed by atoms with Crippen LogP contribution in [0.2, 0.25) is 0 Å². The van der Waals surface area contributed by atoms with Crippen molar-refractivity contribution in [3.63, 3.8) is 0 Å². The largest absolute Gasteiger partial charge is 0.313 e. The molecule has 0 spiro atoms. The van der Waals surface area contributed by atoms with Gasteiger partial charge in [-0.05, 0) is 29.5 Å². The molecule has 1 aromatic rings. The minimum atomic E-state index is 0.257. The highest BCUT2D eigenvalue weighted by molar-refractivity contribution is 14.1. The lowest BCUT2D eigenvalue weighted by Crippen LogP contribution is -2.15. The highest BCUT2D eigenvalue weighted by atomic mass is 127. The highest BCUT2D eigenvalue weighted by Crippen LogP contribution is 2.22. The molecular weight excluding hydrogens is 309 g/mol. The molecule has 1 nitrogen and oxygen atoms in total. The fraction of sp³-hybridized carbons (Fsp3) is 0.571. The van der Waals surface area contributed by atoms with Crippen LogP contribution in [0.25, 0.3) is 0 Å². The summed E-state index contributed by atoms with van der Waals surface area (Å²) in [7, 11) is 0. The normalized spacial score (nSPS) is 11.8. The molecule has 0 atom stereocenters. The van der Waals surface area contributed by atoms with Crippen molar-refractivity contribution >= 4 is 22.6 Å². The number of nitrogens with one attached hydrogen (secondary N) is 1. The van der Waals surface area contributed by atoms with Crippen molar-refractivity contribution in [1.82, 2.24) is 5.32 Å². The summed E-state index contributed by atoms with van der Waals surface area (Å²) in [6.07, 6.45) is 1.25. The van der Waals surface area contributed by atoms with E-state index in [4.69, 9.17) is 0 Å². The van der Waals surface area contributed by atoms with Gasteiger partial charge in [-0.25, -0.2) is 0 Å². The van der Waals surface area contributed by atoms with Crippen molar-refractivity contribution in [3.8, 4) is 0 Å². The Morgan fingerprint density at radius 3 is 2.25 bits per heavy atom. The number of rotatable bonds is 5. The van der Waals surface area contributed by atoms with Crippen molar-refractivity contribution in [2.45, 2.75) is 39.2 Å². The molecule has 0 saturated heterocycles. The Morgan fingerprint density at radius 2 is 1.75 bits per heavy atom. The molecule has 0 aromatic heterocycles. The highest BCUT2D eigenvalue weighted by Gasteiger charge is 2.12. The third-order valence-electron chi connectivity index (χ3n) is 2.64. The van der Waals surface area contributed by atoms with E-state index in [9.17, 15) is 0 Å². The van der Waals surface area contributed by atoms with E-state index in [0.717, 1.165) is 13.1 Å². The molecule has 0 bridgehead atoms. The fourth-order valence-corrected chi connectivity index (χ4v) is 1.93. The predicted molar refractivity (Wildman–Crippen MR) is 80.4 cm³/mol. The van der Waals surface area contributed by atoms with Crippen molar-refractivity contribution in [3.05, 3.63) is 35.4 Å². The summed E-state index contributed by atoms with van der Waals surface area (Å²) >= 11 is 2.41. The minimum Gasteiger partial charge on any atom is -0.313 e. The van der Waals surface area contributed by atoms with Gasteiger partial charge in [-0.15, -0.1) is 0 Å². The predicted octanol–water partition coefficient (Wildman–Crippen LogP) is 3.90. The van der Waals surface area contributed by atoms with Crippen LogP contribution in [0.3, 0.4) is 0 Å². The van der Waals surface area contributed by atoms with Crippen LogP contribution < -0.4 is 5.32 Å². The van der Waals surface area contributed by atoms with E-state index in [-0.39, 0.29) is 5.41 Å². The van der Waals surface area contributed by atoms with E-state index < -0.39 is 0 Å². The maximum absolute atomic E-state index is 3.46. The number of hydrogen-bond acceptors (Lipinski definition) is 1. The average Bonchev–Trinajstić information content (AvgIpc) is 2.24. The van der Waals surface area contributed by atoms with Gasteiger partial charge in [-0.3, -0.25) is 0 Å². The Hall–Kier alpha value is -0.0900. The van der Waals surface area contributed by atoms with E-state index in [1.54, 1.807) is 0 Å². The van der Waals surface area contributed by atoms with E-state index in [1.165, 1.54) is 22.0 Å². The van der Waals surface area contributed by atoms with Crippen molar-refractivity contribution in [2.24, 2.45) is 0 Å². The topological polar surface area (TPSA) is 12.0 Å². The first-order valence-electron chi connectivity index (χ1n) is 5.90. The molecule has 1 N–H and O–H groups in total. The summed E-state index contributed by atoms with van der Waals surface area (Å²) in [4.78, 5) is 0. The molecule has 16 heavy (non-hydrogen) atoms. The van der Waals surface area contributed by atoms with Crippen LogP contribution in [0.15, 0.2) is 24.3 Å². The van der Waals surface area contributed by atoms with Gasteiger partial charge in [0.15, 0.2) is 0 Å². The quantitative estimate of drug-likeness (QED) is 0.490. The van der Waals surface area contributed by atoms with Gasteiger partial charge >= 0.3 is 0 Å². The van der Waals surface area contributed by atoms with Crippen molar-refractivity contribution in [2.75, 3.05) is 11.0 Å². The Bertz CT molecular complexity index is 298. The van der Waals surface area contributed by atoms with E-state index >= 15 is 0 Å². The van der Waals surface area contributed by atoms with Gasteiger partial charge in [-0.1, -0.05) is 67.6 Å². The van der Waals surface area contributed by atoms with Gasteiger partial charge in [0, 0.05) is 11.0 Å². The second kappa shape index (κ2) is 6.60. The zero-order chi connectivity index (χ0) is 12.0. The molecule has 1 rings (SSSR count). The number of benzene rings is 1. The lowest BCUT2D eigenvalue weighted by Gasteiger charge is -2.19. The smallest absolute Gasteiger partial charge is 0.0205 e. The Labute approximate surface area is 113 Å². The summed E-state index contributed by atoms with van der Waals surface area (Å²) in [6.45, 7) is 8.85. The number of hydrogen-bond donors (Lipinski definition) is 1. The van der Waals surface area contributed by atoms with Crippen LogP contribution in [-0.4, -0.2) is 11.0 Å². The number of alkyl halides is 1. The van der Waals surface area contributed by atoms with E-state index in [1.807, 2.05) is 0 Å². The second-order valence-electron chi connectivity index (χ2n) is 5.17. The maximum Gasteiger partial charge on any atom is 0.0205 e. The van der Waals surface area contributed by atoms with Crippen molar-refractivity contribution in [1.29, 1.82) is 0 Å². The molecule has 0 saturated carbocycles. The molecular formula is C14H22IN. The lowest BCUT2D eigenvalue weighted by atomic mass is 9.87. The van der Waals surface area contributed by atoms with Crippen LogP contribution in [-0.2, 0) is 12.0 Å². The molecule has 0 amide bonds. The number of halogens is 1. The summed E-state index contributed by atoms with van der Waals surface area (Å²) in [5.41, 5.74) is 3.04. The molecule has 0 aliphatic carbocycles. The molecule has 90 valence electrons. The molecule has 0 fully saturated rings. The van der Waals surface area contributed by atoms with Gasteiger partial charge in [0.2, 0.25) is 0 Å². The standard InChI is InChI=1S/C14H22IN/c1-14(2,3)13-7-5-12(6-8-13)11-16-10-4-9-15/h5-8,16H,4,9-11H2,1-3H3. The lowest BCUT2D eigenvalue weighted by molar-refractivity contribution is 0.589. The van der Waals surface area contributed by atoms with Crippen LogP contribution in [0.1, 0.15) is 38.3 Å². The molecule has 1 aromatic carbocycles. The molecule has 2 heteroatoms. The van der Waals surface area contributed by atoms with Crippen LogP contribution in [0.4, 0.5) is 0 Å².